The molecule has 1 aromatic rings. The van der Waals surface area contributed by atoms with Crippen LogP contribution in [0.3, 0.4) is 0 Å². The second-order valence-electron chi connectivity index (χ2n) is 7.75. The van der Waals surface area contributed by atoms with Crippen LogP contribution in [0.5, 0.6) is 0 Å². The lowest BCUT2D eigenvalue weighted by atomic mass is 9.81. The van der Waals surface area contributed by atoms with Gasteiger partial charge >= 0.3 is 6.09 Å². The number of piperidine rings is 1. The van der Waals surface area contributed by atoms with Crippen LogP contribution in [0.2, 0.25) is 0 Å². The predicted molar refractivity (Wildman–Crippen MR) is 89.9 cm³/mol. The summed E-state index contributed by atoms with van der Waals surface area (Å²) in [4.78, 5) is 27.0. The van der Waals surface area contributed by atoms with Gasteiger partial charge in [-0.3, -0.25) is 9.69 Å². The molecule has 2 aliphatic rings. The molecular formula is C19H24FNO4. The average molecular weight is 349 g/mol. The van der Waals surface area contributed by atoms with E-state index in [4.69, 9.17) is 9.47 Å². The van der Waals surface area contributed by atoms with Gasteiger partial charge in [0.25, 0.3) is 0 Å². The van der Waals surface area contributed by atoms with Gasteiger partial charge in [-0.1, -0.05) is 12.1 Å². The molecule has 2 saturated heterocycles. The SMILES string of the molecule is CC(C)(C)OC(=O)N1C2COCC1CC(C(=O)c1ccccc1F)C2. The fourth-order valence-corrected chi connectivity index (χ4v) is 3.62. The van der Waals surface area contributed by atoms with E-state index >= 15 is 0 Å². The number of amides is 1. The van der Waals surface area contributed by atoms with Gasteiger partial charge in [0.05, 0.1) is 30.9 Å². The van der Waals surface area contributed by atoms with Crippen LogP contribution < -0.4 is 0 Å². The van der Waals surface area contributed by atoms with Crippen LogP contribution in [0.25, 0.3) is 0 Å². The fourth-order valence-electron chi connectivity index (χ4n) is 3.62. The van der Waals surface area contributed by atoms with Gasteiger partial charge in [-0.2, -0.15) is 0 Å². The summed E-state index contributed by atoms with van der Waals surface area (Å²) in [7, 11) is 0. The molecular weight excluding hydrogens is 325 g/mol. The summed E-state index contributed by atoms with van der Waals surface area (Å²) in [5.41, 5.74) is -0.455. The molecule has 0 spiro atoms. The average Bonchev–Trinajstić information content (AvgIpc) is 2.51. The molecule has 2 fully saturated rings. The van der Waals surface area contributed by atoms with Crippen LogP contribution in [0.1, 0.15) is 44.0 Å². The molecule has 0 radical (unpaired) electrons. The lowest BCUT2D eigenvalue weighted by molar-refractivity contribution is -0.0861. The van der Waals surface area contributed by atoms with Gasteiger partial charge in [0.1, 0.15) is 11.4 Å². The lowest BCUT2D eigenvalue weighted by Crippen LogP contribution is -2.60. The number of nitrogens with zero attached hydrogens (tertiary/aromatic N) is 1. The fraction of sp³-hybridized carbons (Fsp3) is 0.579. The van der Waals surface area contributed by atoms with Crippen molar-refractivity contribution in [2.75, 3.05) is 13.2 Å². The number of carbonyl (C=O) groups excluding carboxylic acids is 2. The summed E-state index contributed by atoms with van der Waals surface area (Å²) >= 11 is 0. The molecule has 3 rings (SSSR count). The minimum atomic E-state index is -0.577. The highest BCUT2D eigenvalue weighted by Gasteiger charge is 2.45. The van der Waals surface area contributed by atoms with Crippen molar-refractivity contribution in [3.05, 3.63) is 35.6 Å². The van der Waals surface area contributed by atoms with Crippen molar-refractivity contribution in [2.45, 2.75) is 51.3 Å². The number of ketones is 1. The van der Waals surface area contributed by atoms with E-state index in [1.165, 1.54) is 12.1 Å². The predicted octanol–water partition coefficient (Wildman–Crippen LogP) is 3.42. The van der Waals surface area contributed by atoms with Gasteiger partial charge in [-0.15, -0.1) is 0 Å². The van der Waals surface area contributed by atoms with E-state index in [0.29, 0.717) is 26.1 Å². The minimum Gasteiger partial charge on any atom is -0.444 e. The van der Waals surface area contributed by atoms with Crippen LogP contribution in [0, 0.1) is 11.7 Å². The molecule has 2 bridgehead atoms. The molecule has 1 aromatic carbocycles. The third kappa shape index (κ3) is 3.84. The molecule has 2 aliphatic heterocycles. The van der Waals surface area contributed by atoms with E-state index in [1.54, 1.807) is 17.0 Å². The summed E-state index contributed by atoms with van der Waals surface area (Å²) in [5, 5.41) is 0. The highest BCUT2D eigenvalue weighted by Crippen LogP contribution is 2.35. The number of fused-ring (bicyclic) bond motifs is 2. The molecule has 0 saturated carbocycles. The maximum Gasteiger partial charge on any atom is 0.410 e. The number of Topliss-reactive ketones (excluding diaryl/α,β-unsaturated/α-hetero) is 1. The molecule has 0 N–H and O–H groups in total. The van der Waals surface area contributed by atoms with Gasteiger partial charge < -0.3 is 9.47 Å². The molecule has 136 valence electrons. The van der Waals surface area contributed by atoms with Crippen molar-refractivity contribution < 1.29 is 23.5 Å². The van der Waals surface area contributed by atoms with Gasteiger partial charge in [-0.05, 0) is 45.7 Å². The van der Waals surface area contributed by atoms with Crippen molar-refractivity contribution in [2.24, 2.45) is 5.92 Å². The third-order valence-corrected chi connectivity index (χ3v) is 4.63. The minimum absolute atomic E-state index is 0.122. The van der Waals surface area contributed by atoms with Gasteiger partial charge in [-0.25, -0.2) is 9.18 Å². The van der Waals surface area contributed by atoms with Crippen LogP contribution in [0.15, 0.2) is 24.3 Å². The van der Waals surface area contributed by atoms with E-state index in [9.17, 15) is 14.0 Å². The summed E-state index contributed by atoms with van der Waals surface area (Å²) in [6.45, 7) is 6.22. The highest BCUT2D eigenvalue weighted by atomic mass is 19.1. The Hall–Kier alpha value is -1.95. The van der Waals surface area contributed by atoms with Crippen molar-refractivity contribution in [3.63, 3.8) is 0 Å². The second-order valence-corrected chi connectivity index (χ2v) is 7.75. The number of carbonyl (C=O) groups is 2. The number of rotatable bonds is 2. The quantitative estimate of drug-likeness (QED) is 0.768. The van der Waals surface area contributed by atoms with E-state index in [2.05, 4.69) is 0 Å². The first-order valence-electron chi connectivity index (χ1n) is 8.64. The zero-order chi connectivity index (χ0) is 18.2. The second kappa shape index (κ2) is 6.75. The zero-order valence-corrected chi connectivity index (χ0v) is 14.8. The zero-order valence-electron chi connectivity index (χ0n) is 14.8. The van der Waals surface area contributed by atoms with Crippen molar-refractivity contribution in [1.82, 2.24) is 4.90 Å². The standard InChI is InChI=1S/C19H24FNO4/c1-19(2,3)25-18(23)21-13-8-12(9-14(21)11-24-10-13)17(22)15-6-4-5-7-16(15)20/h4-7,12-14H,8-11H2,1-3H3. The Bertz CT molecular complexity index is 656. The smallest absolute Gasteiger partial charge is 0.410 e. The molecule has 0 aliphatic carbocycles. The number of ether oxygens (including phenoxy) is 2. The van der Waals surface area contributed by atoms with Crippen molar-refractivity contribution >= 4 is 11.9 Å². The number of halogens is 1. The van der Waals surface area contributed by atoms with E-state index in [-0.39, 0.29) is 35.4 Å². The maximum absolute atomic E-state index is 13.9. The Labute approximate surface area is 147 Å². The highest BCUT2D eigenvalue weighted by molar-refractivity contribution is 5.98. The summed E-state index contributed by atoms with van der Waals surface area (Å²) in [6, 6.07) is 5.61. The van der Waals surface area contributed by atoms with Gasteiger partial charge in [0.15, 0.2) is 5.78 Å². The first-order chi connectivity index (χ1) is 11.8. The van der Waals surface area contributed by atoms with Crippen molar-refractivity contribution in [1.29, 1.82) is 0 Å². The van der Waals surface area contributed by atoms with Crippen LogP contribution in [-0.4, -0.2) is 47.7 Å². The maximum atomic E-state index is 13.9. The Balaban J connectivity index is 1.76. The third-order valence-electron chi connectivity index (χ3n) is 4.63. The largest absolute Gasteiger partial charge is 0.444 e. The van der Waals surface area contributed by atoms with Gasteiger partial charge in [0.2, 0.25) is 0 Å². The topological polar surface area (TPSA) is 55.8 Å². The van der Waals surface area contributed by atoms with Crippen LogP contribution >= 0.6 is 0 Å². The van der Waals surface area contributed by atoms with E-state index in [1.807, 2.05) is 20.8 Å². The molecule has 0 aromatic heterocycles. The number of hydrogen-bond donors (Lipinski definition) is 0. The number of benzene rings is 1. The Morgan fingerprint density at radius 1 is 1.16 bits per heavy atom. The summed E-state index contributed by atoms with van der Waals surface area (Å²) in [5.74, 6) is -1.00. The first-order valence-corrected chi connectivity index (χ1v) is 8.64. The molecule has 2 atom stereocenters. The number of hydrogen-bond acceptors (Lipinski definition) is 4. The van der Waals surface area contributed by atoms with E-state index in [0.717, 1.165) is 0 Å². The Kier molecular flexibility index (Phi) is 4.82. The monoisotopic (exact) mass is 349 g/mol. The summed E-state index contributed by atoms with van der Waals surface area (Å²) in [6.07, 6.45) is 0.550. The van der Waals surface area contributed by atoms with Crippen LogP contribution in [0.4, 0.5) is 9.18 Å². The van der Waals surface area contributed by atoms with Crippen LogP contribution in [-0.2, 0) is 9.47 Å². The molecule has 2 heterocycles. The first kappa shape index (κ1) is 17.9. The molecule has 2 unspecified atom stereocenters. The summed E-state index contributed by atoms with van der Waals surface area (Å²) < 4.78 is 25.0. The Morgan fingerprint density at radius 2 is 1.76 bits per heavy atom. The molecule has 1 amide bonds. The van der Waals surface area contributed by atoms with Gasteiger partial charge in [0, 0.05) is 5.92 Å². The molecule has 6 heteroatoms. The number of morpholine rings is 1. The van der Waals surface area contributed by atoms with Crippen molar-refractivity contribution in [3.8, 4) is 0 Å². The normalized spacial score (nSPS) is 26.2. The molecule has 25 heavy (non-hydrogen) atoms. The molecule has 5 nitrogen and oxygen atoms in total. The van der Waals surface area contributed by atoms with E-state index < -0.39 is 11.4 Å². The Morgan fingerprint density at radius 3 is 2.32 bits per heavy atom. The lowest BCUT2D eigenvalue weighted by Gasteiger charge is -2.47.